The van der Waals surface area contributed by atoms with E-state index in [2.05, 4.69) is 91.0 Å². The molecule has 0 spiro atoms. The molecule has 5 heteroatoms. The first-order valence-electron chi connectivity index (χ1n) is 11.7. The van der Waals surface area contributed by atoms with E-state index in [1.54, 1.807) is 6.92 Å². The number of phenolic OH excluding ortho intramolecular Hbond substituents is 2. The average molecular weight is 488 g/mol. The summed E-state index contributed by atoms with van der Waals surface area (Å²) in [6.07, 6.45) is 2.33. The van der Waals surface area contributed by atoms with E-state index in [0.29, 0.717) is 17.5 Å². The van der Waals surface area contributed by atoms with Crippen LogP contribution in [0.3, 0.4) is 0 Å². The van der Waals surface area contributed by atoms with Crippen LogP contribution >= 0.6 is 7.26 Å². The van der Waals surface area contributed by atoms with Gasteiger partial charge in [0.05, 0.1) is 20.4 Å². The van der Waals surface area contributed by atoms with E-state index in [1.807, 2.05) is 0 Å². The molecular formula is C30H32O4P+. The minimum absolute atomic E-state index is 0.00684. The zero-order valence-corrected chi connectivity index (χ0v) is 21.3. The van der Waals surface area contributed by atoms with E-state index in [9.17, 15) is 10.2 Å². The molecule has 0 heterocycles. The Hall–Kier alpha value is -3.49. The van der Waals surface area contributed by atoms with Gasteiger partial charge in [-0.1, -0.05) is 54.6 Å². The Kier molecular flexibility index (Phi) is 7.63. The standard InChI is InChI=1S/C30H31O4P/c1-22-26(28(32)30(34-3)29(33-2)27(22)31)20-13-21-35(23-14-7-4-8-15-23,24-16-9-5-10-17-24)25-18-11-6-12-19-25/h4-12,14-19H,13,20-21H2,1-3H3,(H-,31,32)/p+1. The maximum Gasteiger partial charge on any atom is 0.207 e. The average Bonchev–Trinajstić information content (AvgIpc) is 2.92. The summed E-state index contributed by atoms with van der Waals surface area (Å²) in [6.45, 7) is 1.81. The molecule has 0 aliphatic carbocycles. The summed E-state index contributed by atoms with van der Waals surface area (Å²) in [7, 11) is 0.952. The number of ether oxygens (including phenoxy) is 2. The Morgan fingerprint density at radius 3 is 1.43 bits per heavy atom. The van der Waals surface area contributed by atoms with Gasteiger partial charge < -0.3 is 19.7 Å². The van der Waals surface area contributed by atoms with Crippen LogP contribution in [-0.4, -0.2) is 30.6 Å². The SMILES string of the molecule is COc1c(O)c(C)c(CCC[P+](c2ccccc2)(c2ccccc2)c2ccccc2)c(O)c1OC. The number of aromatic hydroxyl groups is 2. The second-order valence-corrected chi connectivity index (χ2v) is 12.1. The van der Waals surface area contributed by atoms with Gasteiger partial charge in [0.15, 0.2) is 11.5 Å². The second kappa shape index (κ2) is 10.8. The van der Waals surface area contributed by atoms with Crippen LogP contribution in [0.2, 0.25) is 0 Å². The van der Waals surface area contributed by atoms with Crippen LogP contribution in [0, 0.1) is 6.92 Å². The maximum absolute atomic E-state index is 11.0. The van der Waals surface area contributed by atoms with Crippen molar-refractivity contribution in [3.05, 3.63) is 102 Å². The predicted octanol–water partition coefficient (Wildman–Crippen LogP) is 5.35. The second-order valence-electron chi connectivity index (χ2n) is 8.51. The Morgan fingerprint density at radius 1 is 0.629 bits per heavy atom. The lowest BCUT2D eigenvalue weighted by molar-refractivity contribution is 0.313. The number of hydrogen-bond acceptors (Lipinski definition) is 4. The number of phenols is 2. The molecule has 4 aromatic rings. The summed E-state index contributed by atoms with van der Waals surface area (Å²) in [6, 6.07) is 32.2. The third kappa shape index (κ3) is 4.59. The zero-order valence-electron chi connectivity index (χ0n) is 20.4. The summed E-state index contributed by atoms with van der Waals surface area (Å²) in [5.74, 6) is 0.363. The first-order valence-corrected chi connectivity index (χ1v) is 13.7. The maximum atomic E-state index is 11.0. The van der Waals surface area contributed by atoms with Crippen molar-refractivity contribution in [3.63, 3.8) is 0 Å². The predicted molar refractivity (Wildman–Crippen MR) is 146 cm³/mol. The van der Waals surface area contributed by atoms with Gasteiger partial charge in [-0.3, -0.25) is 0 Å². The van der Waals surface area contributed by atoms with Crippen molar-refractivity contribution in [1.82, 2.24) is 0 Å². The highest BCUT2D eigenvalue weighted by Crippen LogP contribution is 2.56. The van der Waals surface area contributed by atoms with Gasteiger partial charge in [-0.2, -0.15) is 0 Å². The summed E-state index contributed by atoms with van der Waals surface area (Å²) >= 11 is 0. The van der Waals surface area contributed by atoms with Crippen LogP contribution in [0.25, 0.3) is 0 Å². The molecule has 0 atom stereocenters. The zero-order chi connectivity index (χ0) is 24.8. The van der Waals surface area contributed by atoms with Crippen LogP contribution in [0.4, 0.5) is 0 Å². The van der Waals surface area contributed by atoms with E-state index < -0.39 is 7.26 Å². The molecule has 0 saturated carbocycles. The molecule has 0 fully saturated rings. The van der Waals surface area contributed by atoms with Gasteiger partial charge in [-0.05, 0) is 56.2 Å². The molecule has 0 unspecified atom stereocenters. The Bertz CT molecular complexity index is 1160. The van der Waals surface area contributed by atoms with Crippen LogP contribution < -0.4 is 25.4 Å². The normalized spacial score (nSPS) is 11.3. The lowest BCUT2D eigenvalue weighted by Gasteiger charge is -2.28. The number of hydrogen-bond donors (Lipinski definition) is 2. The highest BCUT2D eigenvalue weighted by atomic mass is 31.2. The lowest BCUT2D eigenvalue weighted by Crippen LogP contribution is -2.33. The third-order valence-corrected chi connectivity index (χ3v) is 11.2. The number of rotatable bonds is 9. The van der Waals surface area contributed by atoms with Crippen molar-refractivity contribution in [3.8, 4) is 23.0 Å². The highest BCUT2D eigenvalue weighted by molar-refractivity contribution is 7.95. The summed E-state index contributed by atoms with van der Waals surface area (Å²) in [5, 5.41) is 25.7. The summed E-state index contributed by atoms with van der Waals surface area (Å²) in [4.78, 5) is 0. The molecule has 2 N–H and O–H groups in total. The Labute approximate surface area is 208 Å². The van der Waals surface area contributed by atoms with Crippen molar-refractivity contribution in [2.75, 3.05) is 20.4 Å². The van der Waals surface area contributed by atoms with Gasteiger partial charge in [0.2, 0.25) is 11.5 Å². The largest absolute Gasteiger partial charge is 0.504 e. The van der Waals surface area contributed by atoms with E-state index in [1.165, 1.54) is 30.1 Å². The number of benzene rings is 4. The first kappa shape index (κ1) is 24.6. The number of methoxy groups -OCH3 is 2. The quantitative estimate of drug-likeness (QED) is 0.247. The van der Waals surface area contributed by atoms with Gasteiger partial charge in [0.1, 0.15) is 23.2 Å². The molecule has 0 bridgehead atoms. The van der Waals surface area contributed by atoms with E-state index >= 15 is 0 Å². The van der Waals surface area contributed by atoms with Crippen molar-refractivity contribution in [1.29, 1.82) is 0 Å². The lowest BCUT2D eigenvalue weighted by atomic mass is 10.0. The van der Waals surface area contributed by atoms with Crippen molar-refractivity contribution in [2.45, 2.75) is 19.8 Å². The third-order valence-electron chi connectivity index (χ3n) is 6.65. The fraction of sp³-hybridized carbons (Fsp3) is 0.200. The molecule has 4 aromatic carbocycles. The molecule has 0 saturated heterocycles. The molecule has 0 amide bonds. The van der Waals surface area contributed by atoms with Crippen molar-refractivity contribution < 1.29 is 19.7 Å². The molecule has 4 nitrogen and oxygen atoms in total. The summed E-state index contributed by atoms with van der Waals surface area (Å²) in [5.41, 5.74) is 1.30. The molecule has 4 rings (SSSR count). The highest BCUT2D eigenvalue weighted by Gasteiger charge is 2.44. The fourth-order valence-corrected chi connectivity index (χ4v) is 9.25. The van der Waals surface area contributed by atoms with E-state index in [0.717, 1.165) is 12.6 Å². The molecule has 0 aliphatic rings. The van der Waals surface area contributed by atoms with Gasteiger partial charge in [0, 0.05) is 11.1 Å². The fourth-order valence-electron chi connectivity index (χ4n) is 4.90. The molecule has 0 radical (unpaired) electrons. The molecule has 0 aliphatic heterocycles. The topological polar surface area (TPSA) is 58.9 Å². The van der Waals surface area contributed by atoms with Crippen LogP contribution in [-0.2, 0) is 6.42 Å². The van der Waals surface area contributed by atoms with E-state index in [-0.39, 0.29) is 23.0 Å². The smallest absolute Gasteiger partial charge is 0.207 e. The Morgan fingerprint density at radius 2 is 1.03 bits per heavy atom. The first-order chi connectivity index (χ1) is 17.0. The monoisotopic (exact) mass is 487 g/mol. The minimum atomic E-state index is -1.97. The van der Waals surface area contributed by atoms with Crippen LogP contribution in [0.15, 0.2) is 91.0 Å². The van der Waals surface area contributed by atoms with Gasteiger partial charge in [-0.25, -0.2) is 0 Å². The van der Waals surface area contributed by atoms with Crippen LogP contribution in [0.1, 0.15) is 17.5 Å². The molecule has 180 valence electrons. The minimum Gasteiger partial charge on any atom is -0.504 e. The van der Waals surface area contributed by atoms with E-state index in [4.69, 9.17) is 9.47 Å². The van der Waals surface area contributed by atoms with Gasteiger partial charge in [0.25, 0.3) is 0 Å². The molecule has 35 heavy (non-hydrogen) atoms. The molecular weight excluding hydrogens is 455 g/mol. The van der Waals surface area contributed by atoms with Crippen molar-refractivity contribution >= 4 is 23.2 Å². The van der Waals surface area contributed by atoms with Gasteiger partial charge >= 0.3 is 0 Å². The summed E-state index contributed by atoms with van der Waals surface area (Å²) < 4.78 is 10.7. The molecule has 0 aromatic heterocycles. The van der Waals surface area contributed by atoms with Crippen molar-refractivity contribution in [2.24, 2.45) is 0 Å². The Balaban J connectivity index is 1.79. The van der Waals surface area contributed by atoms with Crippen LogP contribution in [0.5, 0.6) is 23.0 Å². The van der Waals surface area contributed by atoms with Gasteiger partial charge in [-0.15, -0.1) is 0 Å².